The third-order valence-corrected chi connectivity index (χ3v) is 11.4. The Balaban J connectivity index is 0.907. The van der Waals surface area contributed by atoms with E-state index in [2.05, 4.69) is 33.4 Å². The van der Waals surface area contributed by atoms with Gasteiger partial charge in [0.25, 0.3) is 0 Å². The number of unbranched alkanes of at least 4 members (excludes halogenated alkanes) is 2. The van der Waals surface area contributed by atoms with Gasteiger partial charge in [0.05, 0.1) is 18.8 Å². The number of benzene rings is 4. The summed E-state index contributed by atoms with van der Waals surface area (Å²) in [6.07, 6.45) is 4.76. The Hall–Kier alpha value is -6.40. The van der Waals surface area contributed by atoms with Crippen LogP contribution in [0.1, 0.15) is 63.1 Å². The molecular weight excluding hydrogens is 731 g/mol. The summed E-state index contributed by atoms with van der Waals surface area (Å²) >= 11 is 0. The summed E-state index contributed by atoms with van der Waals surface area (Å²) in [5.41, 5.74) is 5.77. The molecule has 12 heteroatoms. The van der Waals surface area contributed by atoms with Crippen LogP contribution in [0.3, 0.4) is 0 Å². The predicted octanol–water partition coefficient (Wildman–Crippen LogP) is 8.02. The Bertz CT molecular complexity index is 2480. The Morgan fingerprint density at radius 3 is 2.28 bits per heavy atom. The summed E-state index contributed by atoms with van der Waals surface area (Å²) in [6.45, 7) is 3.58. The van der Waals surface area contributed by atoms with Crippen molar-refractivity contribution >= 4 is 45.7 Å². The first-order valence-electron chi connectivity index (χ1n) is 19.9. The van der Waals surface area contributed by atoms with Gasteiger partial charge >= 0.3 is 5.97 Å². The minimum Gasteiger partial charge on any atom is -0.456 e. The van der Waals surface area contributed by atoms with E-state index in [1.54, 1.807) is 12.1 Å². The van der Waals surface area contributed by atoms with Crippen molar-refractivity contribution in [1.29, 1.82) is 0 Å². The third kappa shape index (κ3) is 6.66. The van der Waals surface area contributed by atoms with Crippen molar-refractivity contribution in [2.45, 2.75) is 31.3 Å². The van der Waals surface area contributed by atoms with E-state index in [0.29, 0.717) is 60.2 Å². The van der Waals surface area contributed by atoms with Crippen molar-refractivity contribution in [3.05, 3.63) is 119 Å². The van der Waals surface area contributed by atoms with Crippen molar-refractivity contribution in [2.75, 3.05) is 81.1 Å². The molecule has 6 aromatic rings. The number of rotatable bonds is 12. The average molecular weight is 778 g/mol. The highest BCUT2D eigenvalue weighted by Gasteiger charge is 2.54. The van der Waals surface area contributed by atoms with Crippen molar-refractivity contribution in [3.8, 4) is 22.9 Å². The van der Waals surface area contributed by atoms with E-state index in [9.17, 15) is 9.59 Å². The molecule has 2 aromatic heterocycles. The fourth-order valence-corrected chi connectivity index (χ4v) is 8.26. The molecule has 5 heterocycles. The number of fused-ring (bicyclic) bond motifs is 7. The number of nitrogens with one attached hydrogen (secondary N) is 2. The lowest BCUT2D eigenvalue weighted by Gasteiger charge is -2.37. The molecule has 0 radical (unpaired) electrons. The number of anilines is 4. The van der Waals surface area contributed by atoms with Gasteiger partial charge in [-0.05, 0) is 61.4 Å². The van der Waals surface area contributed by atoms with E-state index >= 15 is 0 Å². The lowest BCUT2D eigenvalue weighted by molar-refractivity contribution is 0.0224. The minimum absolute atomic E-state index is 0.0261. The van der Waals surface area contributed by atoms with Crippen LogP contribution < -0.4 is 24.8 Å². The quantitative estimate of drug-likeness (QED) is 0.0713. The Labute approximate surface area is 337 Å². The first-order chi connectivity index (χ1) is 28.2. The van der Waals surface area contributed by atoms with Crippen molar-refractivity contribution in [3.63, 3.8) is 0 Å². The van der Waals surface area contributed by atoms with Crippen LogP contribution >= 0.6 is 0 Å². The van der Waals surface area contributed by atoms with Crippen molar-refractivity contribution in [2.24, 2.45) is 0 Å². The minimum atomic E-state index is -1.26. The number of aromatic nitrogens is 3. The first-order valence-corrected chi connectivity index (χ1v) is 19.9. The number of H-pyrrole nitrogens is 1. The largest absolute Gasteiger partial charge is 0.456 e. The lowest BCUT2D eigenvalue weighted by Crippen LogP contribution is -2.36. The first kappa shape index (κ1) is 37.2. The molecule has 3 aliphatic heterocycles. The van der Waals surface area contributed by atoms with E-state index in [1.807, 2.05) is 98.8 Å². The number of aromatic amines is 1. The molecule has 0 unspecified atom stereocenters. The predicted molar refractivity (Wildman–Crippen MR) is 227 cm³/mol. The number of ketones is 1. The number of nitrogens with zero attached hydrogens (tertiary/aromatic N) is 5. The van der Waals surface area contributed by atoms with Gasteiger partial charge in [0, 0.05) is 129 Å². The molecule has 4 aromatic carbocycles. The van der Waals surface area contributed by atoms with Gasteiger partial charge < -0.3 is 39.2 Å². The van der Waals surface area contributed by atoms with Crippen molar-refractivity contribution < 1.29 is 23.8 Å². The summed E-state index contributed by atoms with van der Waals surface area (Å²) in [7, 11) is 7.89. The monoisotopic (exact) mass is 777 g/mol. The maximum Gasteiger partial charge on any atom is 0.340 e. The van der Waals surface area contributed by atoms with Gasteiger partial charge in [0.1, 0.15) is 23.1 Å². The molecule has 58 heavy (non-hydrogen) atoms. The van der Waals surface area contributed by atoms with E-state index in [4.69, 9.17) is 24.2 Å². The number of carbonyl (C=O) groups excluding carboxylic acids is 2. The molecule has 0 atom stereocenters. The van der Waals surface area contributed by atoms with E-state index in [1.165, 1.54) is 0 Å². The molecule has 1 fully saturated rings. The fourth-order valence-electron chi connectivity index (χ4n) is 8.26. The molecule has 1 spiro atoms. The standard InChI is InChI=1S/C46H47N7O5/c1-51(2)30-13-16-35-40(26-30)57-41-27-31(52(3)4)14-17-36(41)46(35)37-25-29(12-15-34(37)45(55)58-46)39(54)11-6-5-7-19-48-42-28-43(53-21-23-56-24-22-53)50-44(49-42)33-9-8-10-38-32(33)18-20-47-38/h8-10,12-18,20,25-28,47H,5-7,11,19,21-24H2,1-4H3,(H,48,49,50). The zero-order valence-electron chi connectivity index (χ0n) is 33.3. The number of carbonyl (C=O) groups is 2. The second-order valence-electron chi connectivity index (χ2n) is 15.5. The third-order valence-electron chi connectivity index (χ3n) is 11.4. The molecule has 9 rings (SSSR count). The van der Waals surface area contributed by atoms with Crippen LogP contribution in [0.15, 0.2) is 91.1 Å². The number of esters is 1. The van der Waals surface area contributed by atoms with Crippen LogP contribution in [0.5, 0.6) is 11.5 Å². The van der Waals surface area contributed by atoms with Gasteiger partial charge in [-0.15, -0.1) is 0 Å². The highest BCUT2D eigenvalue weighted by molar-refractivity contribution is 6.01. The molecule has 0 amide bonds. The normalized spacial score (nSPS) is 15.0. The molecule has 12 nitrogen and oxygen atoms in total. The van der Waals surface area contributed by atoms with Crippen LogP contribution in [-0.4, -0.2) is 87.7 Å². The number of Topliss-reactive ketones (excluding diaryl/α,β-unsaturated/α-hetero) is 1. The average Bonchev–Trinajstić information content (AvgIpc) is 3.84. The SMILES string of the molecule is CN(C)c1ccc2c(c1)Oc1cc(N(C)C)ccc1C21OC(=O)c2ccc(C(=O)CCCCCNc3cc(N4CCOCC4)nc(-c4cccc5[nH]ccc45)n3)cc21. The zero-order valence-corrected chi connectivity index (χ0v) is 33.3. The topological polar surface area (TPSA) is 125 Å². The maximum absolute atomic E-state index is 13.8. The number of morpholine rings is 1. The Morgan fingerprint density at radius 1 is 0.810 bits per heavy atom. The summed E-state index contributed by atoms with van der Waals surface area (Å²) in [4.78, 5) is 46.9. The second kappa shape index (κ2) is 15.2. The van der Waals surface area contributed by atoms with Gasteiger partial charge in [0.15, 0.2) is 17.2 Å². The van der Waals surface area contributed by atoms with E-state index < -0.39 is 11.6 Å². The molecule has 0 aliphatic carbocycles. The van der Waals surface area contributed by atoms with Crippen LogP contribution in [-0.2, 0) is 15.1 Å². The van der Waals surface area contributed by atoms with Crippen LogP contribution in [0.4, 0.5) is 23.0 Å². The Kier molecular flexibility index (Phi) is 9.72. The highest BCUT2D eigenvalue weighted by Crippen LogP contribution is 2.57. The van der Waals surface area contributed by atoms with Gasteiger partial charge in [0.2, 0.25) is 0 Å². The summed E-state index contributed by atoms with van der Waals surface area (Å²) in [6, 6.07) is 27.4. The summed E-state index contributed by atoms with van der Waals surface area (Å²) in [5, 5.41) is 4.61. The van der Waals surface area contributed by atoms with E-state index in [-0.39, 0.29) is 5.78 Å². The van der Waals surface area contributed by atoms with Crippen molar-refractivity contribution in [1.82, 2.24) is 15.0 Å². The fraction of sp³-hybridized carbons (Fsp3) is 0.304. The van der Waals surface area contributed by atoms with Crippen LogP contribution in [0.25, 0.3) is 22.3 Å². The van der Waals surface area contributed by atoms with E-state index in [0.717, 1.165) is 83.0 Å². The molecule has 296 valence electrons. The molecule has 1 saturated heterocycles. The molecular formula is C46H47N7O5. The lowest BCUT2D eigenvalue weighted by atomic mass is 9.77. The number of ether oxygens (including phenoxy) is 3. The molecule has 3 aliphatic rings. The number of hydrogen-bond acceptors (Lipinski definition) is 11. The molecule has 2 N–H and O–H groups in total. The maximum atomic E-state index is 13.8. The zero-order chi connectivity index (χ0) is 40.0. The molecule has 0 bridgehead atoms. The summed E-state index contributed by atoms with van der Waals surface area (Å²) < 4.78 is 18.5. The highest BCUT2D eigenvalue weighted by atomic mass is 16.6. The molecule has 0 saturated carbocycles. The second-order valence-corrected chi connectivity index (χ2v) is 15.5. The van der Waals surface area contributed by atoms with Crippen LogP contribution in [0.2, 0.25) is 0 Å². The van der Waals surface area contributed by atoms with Gasteiger partial charge in [-0.25, -0.2) is 14.8 Å². The van der Waals surface area contributed by atoms with Crippen LogP contribution in [0, 0.1) is 0 Å². The Morgan fingerprint density at radius 2 is 1.55 bits per heavy atom. The smallest absolute Gasteiger partial charge is 0.340 e. The summed E-state index contributed by atoms with van der Waals surface area (Å²) in [5.74, 6) is 3.13. The van der Waals surface area contributed by atoms with Gasteiger partial charge in [-0.3, -0.25) is 4.79 Å². The number of hydrogen-bond donors (Lipinski definition) is 2. The van der Waals surface area contributed by atoms with Gasteiger partial charge in [-0.1, -0.05) is 24.6 Å². The van der Waals surface area contributed by atoms with Gasteiger partial charge in [-0.2, -0.15) is 0 Å².